The van der Waals surface area contributed by atoms with E-state index in [4.69, 9.17) is 0 Å². The lowest BCUT2D eigenvalue weighted by atomic mass is 10.0. The fourth-order valence-electron chi connectivity index (χ4n) is 8.00. The Labute approximate surface area is 338 Å². The highest BCUT2D eigenvalue weighted by molar-refractivity contribution is 4.81. The van der Waals surface area contributed by atoms with Gasteiger partial charge in [-0.3, -0.25) is 24.5 Å². The van der Waals surface area contributed by atoms with Crippen LogP contribution in [-0.2, 0) is 0 Å². The highest BCUT2D eigenvalue weighted by Crippen LogP contribution is 2.22. The summed E-state index contributed by atoms with van der Waals surface area (Å²) in [5.74, 6) is 0. The Kier molecular flexibility index (Phi) is 27.6. The summed E-state index contributed by atoms with van der Waals surface area (Å²) in [4.78, 5) is 12.9. The van der Waals surface area contributed by atoms with E-state index in [1.807, 2.05) is 0 Å². The lowest BCUT2D eigenvalue weighted by molar-refractivity contribution is 0.110. The molecule has 5 heteroatoms. The van der Waals surface area contributed by atoms with Crippen molar-refractivity contribution in [3.63, 3.8) is 0 Å². The van der Waals surface area contributed by atoms with Gasteiger partial charge in [-0.15, -0.1) is 0 Å². The van der Waals surface area contributed by atoms with Gasteiger partial charge in [0.15, 0.2) is 0 Å². The zero-order valence-corrected chi connectivity index (χ0v) is 38.1. The van der Waals surface area contributed by atoms with E-state index >= 15 is 0 Å². The average molecular weight is 752 g/mol. The van der Waals surface area contributed by atoms with Gasteiger partial charge in [0.05, 0.1) is 0 Å². The summed E-state index contributed by atoms with van der Waals surface area (Å²) in [6, 6.07) is 0. The van der Waals surface area contributed by atoms with Gasteiger partial charge >= 0.3 is 0 Å². The van der Waals surface area contributed by atoms with Crippen molar-refractivity contribution in [2.45, 2.75) is 249 Å². The van der Waals surface area contributed by atoms with Gasteiger partial charge in [-0.2, -0.15) is 0 Å². The van der Waals surface area contributed by atoms with Crippen LogP contribution in [0.1, 0.15) is 221 Å². The van der Waals surface area contributed by atoms with E-state index in [2.05, 4.69) is 128 Å². The van der Waals surface area contributed by atoms with Crippen LogP contribution in [0, 0.1) is 0 Å². The molecular weight excluding hydrogens is 647 g/mol. The number of piperidine rings is 2. The van der Waals surface area contributed by atoms with Crippen LogP contribution in [0.15, 0.2) is 0 Å². The summed E-state index contributed by atoms with van der Waals surface area (Å²) in [7, 11) is 0. The molecule has 0 spiro atoms. The molecule has 0 saturated carbocycles. The summed E-state index contributed by atoms with van der Waals surface area (Å²) in [5, 5.41) is 0. The fourth-order valence-corrected chi connectivity index (χ4v) is 8.00. The summed E-state index contributed by atoms with van der Waals surface area (Å²) in [6.07, 6.45) is 22.6. The van der Waals surface area contributed by atoms with Crippen molar-refractivity contribution in [1.29, 1.82) is 0 Å². The van der Waals surface area contributed by atoms with Gasteiger partial charge in [-0.25, -0.2) is 0 Å². The Morgan fingerprint density at radius 1 is 0.189 bits per heavy atom. The second kappa shape index (κ2) is 26.7. The quantitative estimate of drug-likeness (QED) is 0.244. The van der Waals surface area contributed by atoms with E-state index in [1.54, 1.807) is 0 Å². The minimum atomic E-state index is 0. The lowest BCUT2D eigenvalue weighted by Gasteiger charge is -2.38. The van der Waals surface area contributed by atoms with Crippen molar-refractivity contribution in [3.8, 4) is 0 Å². The molecule has 0 aliphatic carbocycles. The third kappa shape index (κ3) is 25.6. The van der Waals surface area contributed by atoms with Gasteiger partial charge in [0.25, 0.3) is 0 Å². The van der Waals surface area contributed by atoms with Crippen molar-refractivity contribution in [2.75, 3.05) is 65.4 Å². The lowest BCUT2D eigenvalue weighted by Crippen LogP contribution is -2.44. The third-order valence-corrected chi connectivity index (χ3v) is 11.8. The highest BCUT2D eigenvalue weighted by atomic mass is 15.2. The highest BCUT2D eigenvalue weighted by Gasteiger charge is 2.25. The van der Waals surface area contributed by atoms with Crippen LogP contribution in [0.2, 0.25) is 0 Å². The number of likely N-dealkylation sites (tertiary alicyclic amines) is 5. The first-order chi connectivity index (χ1) is 23.5. The molecule has 0 radical (unpaired) electrons. The summed E-state index contributed by atoms with van der Waals surface area (Å²) in [6.45, 7) is 47.7. The molecule has 5 fully saturated rings. The Balaban J connectivity index is 0. The molecule has 0 amide bonds. The Hall–Kier alpha value is -0.200. The molecule has 322 valence electrons. The second-order valence-corrected chi connectivity index (χ2v) is 21.4. The number of hydrogen-bond acceptors (Lipinski definition) is 5. The molecule has 0 N–H and O–H groups in total. The van der Waals surface area contributed by atoms with Crippen molar-refractivity contribution in [2.24, 2.45) is 0 Å². The van der Waals surface area contributed by atoms with Gasteiger partial charge in [-0.05, 0) is 234 Å². The Bertz CT molecular complexity index is 758. The smallest absolute Gasteiger partial charge is 0.0125 e. The Morgan fingerprint density at radius 3 is 0.396 bits per heavy atom. The van der Waals surface area contributed by atoms with Crippen LogP contribution in [0.3, 0.4) is 0 Å². The van der Waals surface area contributed by atoms with E-state index in [0.717, 1.165) is 0 Å². The van der Waals surface area contributed by atoms with Crippen LogP contribution >= 0.6 is 0 Å². The summed E-state index contributed by atoms with van der Waals surface area (Å²) in [5.41, 5.74) is 2.01. The molecular formula is C48H105N5. The van der Waals surface area contributed by atoms with Crippen LogP contribution in [0.25, 0.3) is 0 Å². The maximum Gasteiger partial charge on any atom is 0.0125 e. The standard InChI is InChI=1S/2C10H21N.2C9H19N.C8H17N.2CH4/c2*1-10(2,3)11-8-6-4-5-7-9-11;2*1-9(2,3)10-7-5-4-6-8-10;1-8(2,3)9-6-4-5-7-9;;/h2*4-9H2,1-3H3;2*4-8H2,1-3H3;4-7H2,1-3H3;2*1H4. The van der Waals surface area contributed by atoms with E-state index < -0.39 is 0 Å². The number of hydrogen-bond donors (Lipinski definition) is 0. The van der Waals surface area contributed by atoms with Crippen molar-refractivity contribution >= 4 is 0 Å². The normalized spacial score (nSPS) is 22.2. The van der Waals surface area contributed by atoms with Crippen molar-refractivity contribution in [1.82, 2.24) is 24.5 Å². The Morgan fingerprint density at radius 2 is 0.283 bits per heavy atom. The van der Waals surface area contributed by atoms with Gasteiger partial charge in [0.2, 0.25) is 0 Å². The first kappa shape index (κ1) is 54.9. The molecule has 0 atom stereocenters. The maximum absolute atomic E-state index is 2.61. The third-order valence-electron chi connectivity index (χ3n) is 11.8. The van der Waals surface area contributed by atoms with E-state index in [-0.39, 0.29) is 14.9 Å². The molecule has 0 bridgehead atoms. The van der Waals surface area contributed by atoms with Gasteiger partial charge < -0.3 is 0 Å². The van der Waals surface area contributed by atoms with E-state index in [1.165, 1.54) is 168 Å². The molecule has 0 unspecified atom stereocenters. The van der Waals surface area contributed by atoms with Crippen molar-refractivity contribution in [3.05, 3.63) is 0 Å². The van der Waals surface area contributed by atoms with Crippen LogP contribution in [0.5, 0.6) is 0 Å². The van der Waals surface area contributed by atoms with Crippen LogP contribution in [0.4, 0.5) is 0 Å². The molecule has 5 aliphatic rings. The summed E-state index contributed by atoms with van der Waals surface area (Å²) < 4.78 is 0. The second-order valence-electron chi connectivity index (χ2n) is 21.4. The minimum absolute atomic E-state index is 0. The van der Waals surface area contributed by atoms with E-state index in [0.29, 0.717) is 27.7 Å². The molecule has 5 rings (SSSR count). The zero-order chi connectivity index (χ0) is 38.8. The largest absolute Gasteiger partial charge is 0.298 e. The predicted octanol–water partition coefficient (Wildman–Crippen LogP) is 13.0. The molecule has 5 heterocycles. The molecule has 0 aromatic carbocycles. The number of rotatable bonds is 0. The fraction of sp³-hybridized carbons (Fsp3) is 1.00. The number of nitrogens with zero attached hydrogens (tertiary/aromatic N) is 5. The molecule has 0 aromatic heterocycles. The molecule has 5 nitrogen and oxygen atoms in total. The minimum Gasteiger partial charge on any atom is -0.298 e. The van der Waals surface area contributed by atoms with Gasteiger partial charge in [0.1, 0.15) is 0 Å². The molecule has 53 heavy (non-hydrogen) atoms. The molecule has 5 aliphatic heterocycles. The average Bonchev–Trinajstić information content (AvgIpc) is 3.26. The van der Waals surface area contributed by atoms with Crippen LogP contribution < -0.4 is 0 Å². The first-order valence-corrected chi connectivity index (χ1v) is 22.3. The van der Waals surface area contributed by atoms with E-state index in [9.17, 15) is 0 Å². The summed E-state index contributed by atoms with van der Waals surface area (Å²) >= 11 is 0. The molecule has 5 saturated heterocycles. The van der Waals surface area contributed by atoms with Gasteiger partial charge in [0, 0.05) is 27.7 Å². The van der Waals surface area contributed by atoms with Crippen LogP contribution in [-0.4, -0.2) is 118 Å². The maximum atomic E-state index is 2.61. The topological polar surface area (TPSA) is 16.2 Å². The van der Waals surface area contributed by atoms with Gasteiger partial charge in [-0.1, -0.05) is 53.4 Å². The monoisotopic (exact) mass is 752 g/mol. The zero-order valence-electron chi connectivity index (χ0n) is 38.1. The first-order valence-electron chi connectivity index (χ1n) is 22.3. The molecule has 0 aromatic rings. The predicted molar refractivity (Wildman–Crippen MR) is 244 cm³/mol. The van der Waals surface area contributed by atoms with Crippen molar-refractivity contribution < 1.29 is 0 Å². The SMILES string of the molecule is C.C.CC(C)(C)N1CCCC1.CC(C)(C)N1CCCCC1.CC(C)(C)N1CCCCC1.CC(C)(C)N1CCCCCC1.CC(C)(C)N1CCCCCC1.